The molecule has 1 saturated heterocycles. The summed E-state index contributed by atoms with van der Waals surface area (Å²) in [5, 5.41) is 0. The van der Waals surface area contributed by atoms with Crippen molar-refractivity contribution in [1.29, 1.82) is 0 Å². The summed E-state index contributed by atoms with van der Waals surface area (Å²) < 4.78 is 10.5. The van der Waals surface area contributed by atoms with Gasteiger partial charge in [-0.05, 0) is 54.6 Å². The first-order valence-corrected chi connectivity index (χ1v) is 11.9. The van der Waals surface area contributed by atoms with E-state index in [2.05, 4.69) is 4.90 Å². The minimum atomic E-state index is -0.705. The fourth-order valence-electron chi connectivity index (χ4n) is 4.50. The Morgan fingerprint density at radius 2 is 1.43 bits per heavy atom. The molecule has 0 atom stereocenters. The second kappa shape index (κ2) is 10.1. The summed E-state index contributed by atoms with van der Waals surface area (Å²) in [7, 11) is 1.62. The van der Waals surface area contributed by atoms with Gasteiger partial charge in [-0.15, -0.1) is 0 Å². The smallest absolute Gasteiger partial charge is 0.338 e. The van der Waals surface area contributed by atoms with Crippen molar-refractivity contribution in [2.24, 2.45) is 0 Å². The molecule has 9 heteroatoms. The number of ether oxygens (including phenoxy) is 2. The molecule has 0 bridgehead atoms. The average molecular weight is 500 g/mol. The highest BCUT2D eigenvalue weighted by Gasteiger charge is 2.36. The molecule has 2 heterocycles. The van der Waals surface area contributed by atoms with E-state index in [-0.39, 0.29) is 17.2 Å². The Kier molecular flexibility index (Phi) is 6.59. The second-order valence-corrected chi connectivity index (χ2v) is 8.68. The van der Waals surface area contributed by atoms with E-state index in [4.69, 9.17) is 9.47 Å². The molecule has 1 fully saturated rings. The lowest BCUT2D eigenvalue weighted by atomic mass is 10.1. The number of carbonyl (C=O) groups is 4. The number of benzene rings is 3. The summed E-state index contributed by atoms with van der Waals surface area (Å²) in [6.45, 7) is 1.95. The van der Waals surface area contributed by atoms with Crippen LogP contribution in [-0.4, -0.2) is 68.5 Å². The van der Waals surface area contributed by atoms with Crippen molar-refractivity contribution < 1.29 is 28.7 Å². The zero-order chi connectivity index (χ0) is 25.9. The Bertz CT molecular complexity index is 1330. The van der Waals surface area contributed by atoms with Crippen molar-refractivity contribution in [2.45, 2.75) is 0 Å². The molecule has 0 N–H and O–H groups in total. The van der Waals surface area contributed by atoms with Gasteiger partial charge >= 0.3 is 5.97 Å². The highest BCUT2D eigenvalue weighted by atomic mass is 16.5. The number of esters is 1. The third-order valence-corrected chi connectivity index (χ3v) is 6.53. The lowest BCUT2D eigenvalue weighted by molar-refractivity contribution is -0.134. The maximum Gasteiger partial charge on any atom is 0.338 e. The number of hydrogen-bond donors (Lipinski definition) is 0. The number of piperazine rings is 1. The van der Waals surface area contributed by atoms with Crippen molar-refractivity contribution in [1.82, 2.24) is 4.90 Å². The standard InChI is InChI=1S/C28H25N3O6/c1-36-22-11-9-20(10-12-22)29-13-15-30(16-14-29)25(32)18-37-28(35)19-5-4-6-21(17-19)31-26(33)23-7-2-3-8-24(23)27(31)34/h2-12,17H,13-16,18H2,1H3. The SMILES string of the molecule is COc1ccc(N2CCN(C(=O)COC(=O)c3cccc(N4C(=O)c5ccccc5C4=O)c3)CC2)cc1. The van der Waals surface area contributed by atoms with Crippen LogP contribution in [0.4, 0.5) is 11.4 Å². The van der Waals surface area contributed by atoms with Crippen LogP contribution in [0.3, 0.4) is 0 Å². The number of carbonyl (C=O) groups excluding carboxylic acids is 4. The summed E-state index contributed by atoms with van der Waals surface area (Å²) in [5.74, 6) is -1.10. The van der Waals surface area contributed by atoms with Gasteiger partial charge in [0.05, 0.1) is 29.5 Å². The number of rotatable bonds is 6. The fraction of sp³-hybridized carbons (Fsp3) is 0.214. The topological polar surface area (TPSA) is 96.5 Å². The van der Waals surface area contributed by atoms with Crippen LogP contribution < -0.4 is 14.5 Å². The van der Waals surface area contributed by atoms with E-state index in [1.54, 1.807) is 48.4 Å². The van der Waals surface area contributed by atoms with E-state index in [9.17, 15) is 19.2 Å². The normalized spacial score (nSPS) is 15.0. The quantitative estimate of drug-likeness (QED) is 0.380. The van der Waals surface area contributed by atoms with E-state index in [0.717, 1.165) is 16.3 Å². The first-order valence-electron chi connectivity index (χ1n) is 11.9. The number of hydrogen-bond acceptors (Lipinski definition) is 7. The molecule has 5 rings (SSSR count). The van der Waals surface area contributed by atoms with Gasteiger partial charge in [-0.2, -0.15) is 0 Å². The van der Waals surface area contributed by atoms with Crippen molar-refractivity contribution in [2.75, 3.05) is 49.7 Å². The van der Waals surface area contributed by atoms with Crippen LogP contribution in [0.25, 0.3) is 0 Å². The van der Waals surface area contributed by atoms with Gasteiger partial charge in [0.2, 0.25) is 0 Å². The largest absolute Gasteiger partial charge is 0.497 e. The van der Waals surface area contributed by atoms with Crippen LogP contribution in [0.2, 0.25) is 0 Å². The molecule has 0 aromatic heterocycles. The monoisotopic (exact) mass is 499 g/mol. The number of nitrogens with zero attached hydrogens (tertiary/aromatic N) is 3. The fourth-order valence-corrected chi connectivity index (χ4v) is 4.50. The molecular formula is C28H25N3O6. The molecule has 0 spiro atoms. The third kappa shape index (κ3) is 4.75. The summed E-state index contributed by atoms with van der Waals surface area (Å²) in [6.07, 6.45) is 0. The van der Waals surface area contributed by atoms with Gasteiger partial charge in [0.15, 0.2) is 6.61 Å². The van der Waals surface area contributed by atoms with Gasteiger partial charge < -0.3 is 19.3 Å². The first-order chi connectivity index (χ1) is 18.0. The maximum atomic E-state index is 12.8. The summed E-state index contributed by atoms with van der Waals surface area (Å²) >= 11 is 0. The van der Waals surface area contributed by atoms with E-state index < -0.39 is 24.4 Å². The van der Waals surface area contributed by atoms with Crippen LogP contribution >= 0.6 is 0 Å². The first kappa shape index (κ1) is 24.1. The van der Waals surface area contributed by atoms with E-state index >= 15 is 0 Å². The number of amides is 3. The molecule has 188 valence electrons. The summed E-state index contributed by atoms with van der Waals surface area (Å²) in [6, 6.07) is 20.4. The molecule has 2 aliphatic rings. The molecule has 2 aliphatic heterocycles. The van der Waals surface area contributed by atoms with Crippen LogP contribution in [0.5, 0.6) is 5.75 Å². The lowest BCUT2D eigenvalue weighted by Crippen LogP contribution is -2.49. The van der Waals surface area contributed by atoms with Crippen molar-refractivity contribution in [3.63, 3.8) is 0 Å². The van der Waals surface area contributed by atoms with Gasteiger partial charge in [-0.3, -0.25) is 14.4 Å². The summed E-state index contributed by atoms with van der Waals surface area (Å²) in [4.78, 5) is 55.7. The van der Waals surface area contributed by atoms with Gasteiger partial charge in [-0.25, -0.2) is 9.69 Å². The molecule has 3 amide bonds. The Balaban J connectivity index is 1.16. The Hall–Kier alpha value is -4.66. The minimum Gasteiger partial charge on any atom is -0.497 e. The van der Waals surface area contributed by atoms with Crippen molar-refractivity contribution >= 4 is 35.1 Å². The third-order valence-electron chi connectivity index (χ3n) is 6.53. The molecule has 3 aromatic carbocycles. The van der Waals surface area contributed by atoms with Crippen molar-refractivity contribution in [3.05, 3.63) is 89.5 Å². The molecule has 0 radical (unpaired) electrons. The minimum absolute atomic E-state index is 0.145. The van der Waals surface area contributed by atoms with Crippen LogP contribution in [0.1, 0.15) is 31.1 Å². The second-order valence-electron chi connectivity index (χ2n) is 8.68. The molecule has 37 heavy (non-hydrogen) atoms. The Labute approximate surface area is 213 Å². The number of fused-ring (bicyclic) bond motifs is 1. The molecule has 0 saturated carbocycles. The van der Waals surface area contributed by atoms with E-state index in [1.807, 2.05) is 24.3 Å². The van der Waals surface area contributed by atoms with Crippen molar-refractivity contribution in [3.8, 4) is 5.75 Å². The molecule has 0 aliphatic carbocycles. The van der Waals surface area contributed by atoms with E-state index in [1.165, 1.54) is 12.1 Å². The summed E-state index contributed by atoms with van der Waals surface area (Å²) in [5.41, 5.74) is 2.10. The highest BCUT2D eigenvalue weighted by Crippen LogP contribution is 2.29. The number of imide groups is 1. The van der Waals surface area contributed by atoms with Crippen LogP contribution in [0.15, 0.2) is 72.8 Å². The Morgan fingerprint density at radius 1 is 0.784 bits per heavy atom. The molecule has 0 unspecified atom stereocenters. The molecule has 3 aromatic rings. The Morgan fingerprint density at radius 3 is 2.05 bits per heavy atom. The van der Waals surface area contributed by atoms with Gasteiger partial charge in [-0.1, -0.05) is 18.2 Å². The van der Waals surface area contributed by atoms with E-state index in [0.29, 0.717) is 37.3 Å². The number of methoxy groups -OCH3 is 1. The van der Waals surface area contributed by atoms with Gasteiger partial charge in [0.25, 0.3) is 17.7 Å². The highest BCUT2D eigenvalue weighted by molar-refractivity contribution is 6.34. The predicted molar refractivity (Wildman–Crippen MR) is 136 cm³/mol. The maximum absolute atomic E-state index is 12.8. The zero-order valence-corrected chi connectivity index (χ0v) is 20.3. The van der Waals surface area contributed by atoms with Crippen LogP contribution in [0, 0.1) is 0 Å². The van der Waals surface area contributed by atoms with Crippen LogP contribution in [-0.2, 0) is 9.53 Å². The lowest BCUT2D eigenvalue weighted by Gasteiger charge is -2.36. The molecule has 9 nitrogen and oxygen atoms in total. The number of anilines is 2. The molecular weight excluding hydrogens is 474 g/mol. The average Bonchev–Trinajstić information content (AvgIpc) is 3.21. The predicted octanol–water partition coefficient (Wildman–Crippen LogP) is 3.00. The van der Waals surface area contributed by atoms with Gasteiger partial charge in [0, 0.05) is 31.9 Å². The van der Waals surface area contributed by atoms with Gasteiger partial charge in [0.1, 0.15) is 5.75 Å². The zero-order valence-electron chi connectivity index (χ0n) is 20.3.